The highest BCUT2D eigenvalue weighted by Gasteiger charge is 1.81. The van der Waals surface area contributed by atoms with Crippen molar-refractivity contribution in [2.75, 3.05) is 0 Å². The Hall–Kier alpha value is -1.28. The molecule has 0 spiro atoms. The van der Waals surface area contributed by atoms with Crippen LogP contribution in [0.15, 0.2) is 11.6 Å². The van der Waals surface area contributed by atoms with E-state index in [0.717, 1.165) is 0 Å². The summed E-state index contributed by atoms with van der Waals surface area (Å²) in [5.74, 6) is 0. The fourth-order valence-corrected chi connectivity index (χ4v) is 0.154. The van der Waals surface area contributed by atoms with Gasteiger partial charge in [-0.25, -0.2) is 0 Å². The standard InChI is InChI=1S/C5H4N2/c1-2-5(3-6)4-7/h2H,1H3. The molecule has 34 valence electrons. The first-order valence-corrected chi connectivity index (χ1v) is 1.81. The maximum absolute atomic E-state index is 7.99. The molecule has 0 heterocycles. The molecule has 0 unspecified atom stereocenters. The number of rotatable bonds is 0. The molecule has 0 aliphatic carbocycles. The van der Waals surface area contributed by atoms with Crippen LogP contribution in [0, 0.1) is 22.7 Å². The lowest BCUT2D eigenvalue weighted by Crippen LogP contribution is -1.64. The van der Waals surface area contributed by atoms with Gasteiger partial charge in [-0.15, -0.1) is 0 Å². The van der Waals surface area contributed by atoms with Crippen LogP contribution in [0.4, 0.5) is 0 Å². The molecule has 0 aromatic heterocycles. The number of hydrogen-bond donors (Lipinski definition) is 0. The van der Waals surface area contributed by atoms with Crippen molar-refractivity contribution in [3.8, 4) is 12.1 Å². The van der Waals surface area contributed by atoms with E-state index < -0.39 is 0 Å². The molecule has 0 fully saturated rings. The van der Waals surface area contributed by atoms with Crippen molar-refractivity contribution in [1.82, 2.24) is 0 Å². The number of nitriles is 2. The van der Waals surface area contributed by atoms with Crippen LogP contribution in [0.2, 0.25) is 0 Å². The lowest BCUT2D eigenvalue weighted by molar-refractivity contribution is 1.45. The summed E-state index contributed by atoms with van der Waals surface area (Å²) in [6.45, 7) is 1.65. The van der Waals surface area contributed by atoms with Gasteiger partial charge >= 0.3 is 0 Å². The zero-order valence-electron chi connectivity index (χ0n) is 3.97. The summed E-state index contributed by atoms with van der Waals surface area (Å²) in [5, 5.41) is 16.0. The number of hydrogen-bond acceptors (Lipinski definition) is 2. The van der Waals surface area contributed by atoms with Gasteiger partial charge in [-0.05, 0) is 6.92 Å². The highest BCUT2D eigenvalue weighted by Crippen LogP contribution is 1.83. The van der Waals surface area contributed by atoms with E-state index >= 15 is 0 Å². The summed E-state index contributed by atoms with van der Waals surface area (Å²) < 4.78 is 0. The van der Waals surface area contributed by atoms with Gasteiger partial charge in [0.05, 0.1) is 0 Å². The summed E-state index contributed by atoms with van der Waals surface area (Å²) >= 11 is 0. The van der Waals surface area contributed by atoms with Gasteiger partial charge in [-0.1, -0.05) is 6.08 Å². The molecular formula is C5H4N2. The number of allylic oxidation sites excluding steroid dienone is 2. The van der Waals surface area contributed by atoms with E-state index in [0.29, 0.717) is 0 Å². The fourth-order valence-electron chi connectivity index (χ4n) is 0.154. The van der Waals surface area contributed by atoms with Gasteiger partial charge in [0.2, 0.25) is 0 Å². The monoisotopic (exact) mass is 92.0 g/mol. The largest absolute Gasteiger partial charge is 0.192 e. The molecule has 0 bridgehead atoms. The summed E-state index contributed by atoms with van der Waals surface area (Å²) in [7, 11) is 0. The van der Waals surface area contributed by atoms with Gasteiger partial charge in [-0.3, -0.25) is 0 Å². The third kappa shape index (κ3) is 1.57. The minimum absolute atomic E-state index is 0.167. The molecule has 0 aromatic rings. The molecule has 2 heteroatoms. The second-order valence-electron chi connectivity index (χ2n) is 0.926. The zero-order valence-corrected chi connectivity index (χ0v) is 3.97. The molecule has 0 atom stereocenters. The number of nitrogens with zero attached hydrogens (tertiary/aromatic N) is 2. The third-order valence-electron chi connectivity index (χ3n) is 0.530. The lowest BCUT2D eigenvalue weighted by Gasteiger charge is -1.67. The van der Waals surface area contributed by atoms with Crippen molar-refractivity contribution in [3.05, 3.63) is 11.6 Å². The van der Waals surface area contributed by atoms with Crippen molar-refractivity contribution in [1.29, 1.82) is 10.5 Å². The first-order valence-electron chi connectivity index (χ1n) is 1.81. The van der Waals surface area contributed by atoms with Crippen molar-refractivity contribution < 1.29 is 0 Å². The lowest BCUT2D eigenvalue weighted by atomic mass is 10.3. The summed E-state index contributed by atoms with van der Waals surface area (Å²) in [4.78, 5) is 0. The van der Waals surface area contributed by atoms with Gasteiger partial charge in [0.25, 0.3) is 0 Å². The van der Waals surface area contributed by atoms with Gasteiger partial charge in [0.1, 0.15) is 17.7 Å². The van der Waals surface area contributed by atoms with Crippen LogP contribution < -0.4 is 0 Å². The highest BCUT2D eigenvalue weighted by molar-refractivity contribution is 5.33. The van der Waals surface area contributed by atoms with Crippen LogP contribution in [0.25, 0.3) is 0 Å². The normalized spacial score (nSPS) is 5.57. The van der Waals surface area contributed by atoms with Crippen LogP contribution >= 0.6 is 0 Å². The quantitative estimate of drug-likeness (QED) is 0.418. The first-order chi connectivity index (χ1) is 3.35. The average molecular weight is 92.1 g/mol. The van der Waals surface area contributed by atoms with Crippen LogP contribution in [0.3, 0.4) is 0 Å². The minimum atomic E-state index is 0.167. The van der Waals surface area contributed by atoms with Crippen LogP contribution in [0.5, 0.6) is 0 Å². The fraction of sp³-hybridized carbons (Fsp3) is 0.200. The van der Waals surface area contributed by atoms with Crippen molar-refractivity contribution in [2.24, 2.45) is 0 Å². The van der Waals surface area contributed by atoms with Gasteiger partial charge in [-0.2, -0.15) is 10.5 Å². The molecule has 2 nitrogen and oxygen atoms in total. The SMILES string of the molecule is CC=C(C#N)C#N. The second-order valence-corrected chi connectivity index (χ2v) is 0.926. The molecule has 7 heavy (non-hydrogen) atoms. The van der Waals surface area contributed by atoms with E-state index in [4.69, 9.17) is 10.5 Å². The minimum Gasteiger partial charge on any atom is -0.192 e. The zero-order chi connectivity index (χ0) is 5.70. The Morgan fingerprint density at radius 1 is 1.43 bits per heavy atom. The Morgan fingerprint density at radius 2 is 1.86 bits per heavy atom. The first kappa shape index (κ1) is 5.72. The van der Waals surface area contributed by atoms with Crippen molar-refractivity contribution >= 4 is 0 Å². The molecule has 0 rings (SSSR count). The topological polar surface area (TPSA) is 47.6 Å². The summed E-state index contributed by atoms with van der Waals surface area (Å²) in [6, 6.07) is 3.40. The second kappa shape index (κ2) is 2.93. The molecule has 0 aliphatic heterocycles. The molecule has 0 radical (unpaired) electrons. The van der Waals surface area contributed by atoms with Gasteiger partial charge < -0.3 is 0 Å². The van der Waals surface area contributed by atoms with E-state index in [1.807, 2.05) is 0 Å². The maximum atomic E-state index is 7.99. The maximum Gasteiger partial charge on any atom is 0.125 e. The predicted molar refractivity (Wildman–Crippen MR) is 25.0 cm³/mol. The van der Waals surface area contributed by atoms with E-state index in [-0.39, 0.29) is 5.57 Å². The Balaban J connectivity index is 4.03. The third-order valence-corrected chi connectivity index (χ3v) is 0.530. The smallest absolute Gasteiger partial charge is 0.125 e. The summed E-state index contributed by atoms with van der Waals surface area (Å²) in [5.41, 5.74) is 0.167. The Kier molecular flexibility index (Phi) is 2.40. The van der Waals surface area contributed by atoms with Crippen LogP contribution in [0.1, 0.15) is 6.92 Å². The van der Waals surface area contributed by atoms with Crippen molar-refractivity contribution in [2.45, 2.75) is 6.92 Å². The molecule has 0 aromatic carbocycles. The summed E-state index contributed by atoms with van der Waals surface area (Å²) in [6.07, 6.45) is 1.47. The molecule has 0 aliphatic rings. The van der Waals surface area contributed by atoms with Crippen LogP contribution in [-0.4, -0.2) is 0 Å². The van der Waals surface area contributed by atoms with Gasteiger partial charge in [0.15, 0.2) is 0 Å². The average Bonchev–Trinajstić information content (AvgIpc) is 1.72. The molecule has 0 saturated carbocycles. The molecule has 0 N–H and O–H groups in total. The van der Waals surface area contributed by atoms with E-state index in [1.54, 1.807) is 19.1 Å². The van der Waals surface area contributed by atoms with E-state index in [2.05, 4.69) is 0 Å². The highest BCUT2D eigenvalue weighted by atomic mass is 14.3. The Bertz CT molecular complexity index is 138. The predicted octanol–water partition coefficient (Wildman–Crippen LogP) is 0.980. The van der Waals surface area contributed by atoms with Crippen LogP contribution in [-0.2, 0) is 0 Å². The molecule has 0 amide bonds. The van der Waals surface area contributed by atoms with Crippen molar-refractivity contribution in [3.63, 3.8) is 0 Å². The molecule has 0 saturated heterocycles. The van der Waals surface area contributed by atoms with Gasteiger partial charge in [0, 0.05) is 0 Å². The Morgan fingerprint density at radius 3 is 1.86 bits per heavy atom. The Labute approximate surface area is 42.3 Å². The van der Waals surface area contributed by atoms with E-state index in [9.17, 15) is 0 Å². The van der Waals surface area contributed by atoms with E-state index in [1.165, 1.54) is 6.08 Å². The molecular weight excluding hydrogens is 88.1 g/mol.